The first-order chi connectivity index (χ1) is 15.4. The Morgan fingerprint density at radius 1 is 1.34 bits per heavy atom. The van der Waals surface area contributed by atoms with Crippen LogP contribution in [0.4, 0.5) is 0 Å². The summed E-state index contributed by atoms with van der Waals surface area (Å²) in [4.78, 5) is 35.6. The van der Waals surface area contributed by atoms with Crippen molar-refractivity contribution in [2.24, 2.45) is 4.99 Å². The van der Waals surface area contributed by atoms with Gasteiger partial charge < -0.3 is 9.47 Å². The third kappa shape index (κ3) is 4.05. The molecule has 1 aliphatic heterocycles. The van der Waals surface area contributed by atoms with Gasteiger partial charge in [-0.05, 0) is 65.2 Å². The number of rotatable bonds is 5. The number of thiazole rings is 1. The standard InChI is InChI=1S/C23H20BrN3O4S/c1-4-31-22(29)19-13(2)26-23-27(20(19)15-7-8-17(30-3)16(24)11-15)21(28)18(32-23)10-14-6-5-9-25-12-14/h5-12,20H,4H2,1-3H3/b18-10-/t20-/m1/s1. The van der Waals surface area contributed by atoms with Crippen LogP contribution in [0.2, 0.25) is 0 Å². The minimum atomic E-state index is -0.677. The van der Waals surface area contributed by atoms with E-state index in [1.165, 1.54) is 11.3 Å². The maximum absolute atomic E-state index is 13.5. The van der Waals surface area contributed by atoms with E-state index < -0.39 is 12.0 Å². The Morgan fingerprint density at radius 2 is 2.16 bits per heavy atom. The van der Waals surface area contributed by atoms with Crippen molar-refractivity contribution in [2.45, 2.75) is 19.9 Å². The summed E-state index contributed by atoms with van der Waals surface area (Å²) in [5, 5.41) is 0. The zero-order chi connectivity index (χ0) is 22.8. The molecule has 0 unspecified atom stereocenters. The number of benzene rings is 1. The monoisotopic (exact) mass is 513 g/mol. The predicted molar refractivity (Wildman–Crippen MR) is 125 cm³/mol. The lowest BCUT2D eigenvalue weighted by atomic mass is 9.96. The van der Waals surface area contributed by atoms with Crippen LogP contribution in [0, 0.1) is 0 Å². The van der Waals surface area contributed by atoms with Crippen molar-refractivity contribution in [3.05, 3.63) is 89.3 Å². The summed E-state index contributed by atoms with van der Waals surface area (Å²) in [6, 6.07) is 8.48. The zero-order valence-electron chi connectivity index (χ0n) is 17.7. The van der Waals surface area contributed by atoms with E-state index in [0.29, 0.717) is 30.8 Å². The maximum Gasteiger partial charge on any atom is 0.338 e. The van der Waals surface area contributed by atoms with Crippen LogP contribution in [-0.4, -0.2) is 29.2 Å². The fourth-order valence-electron chi connectivity index (χ4n) is 3.57. The smallest absolute Gasteiger partial charge is 0.338 e. The first-order valence-corrected chi connectivity index (χ1v) is 11.5. The third-order valence-corrected chi connectivity index (χ3v) is 6.59. The number of hydrogen-bond acceptors (Lipinski definition) is 7. The van der Waals surface area contributed by atoms with Crippen molar-refractivity contribution < 1.29 is 14.3 Å². The molecular weight excluding hydrogens is 494 g/mol. The molecule has 1 aliphatic rings. The molecule has 0 spiro atoms. The number of hydrogen-bond donors (Lipinski definition) is 0. The number of carbonyl (C=O) groups is 1. The van der Waals surface area contributed by atoms with Gasteiger partial charge in [0, 0.05) is 12.4 Å². The van der Waals surface area contributed by atoms with E-state index in [4.69, 9.17) is 9.47 Å². The Balaban J connectivity index is 1.97. The molecule has 0 aliphatic carbocycles. The van der Waals surface area contributed by atoms with Gasteiger partial charge in [-0.2, -0.15) is 0 Å². The molecule has 0 radical (unpaired) electrons. The molecule has 3 heterocycles. The third-order valence-electron chi connectivity index (χ3n) is 4.99. The van der Waals surface area contributed by atoms with Crippen LogP contribution in [0.25, 0.3) is 6.08 Å². The minimum Gasteiger partial charge on any atom is -0.496 e. The van der Waals surface area contributed by atoms with Crippen molar-refractivity contribution in [1.82, 2.24) is 9.55 Å². The van der Waals surface area contributed by atoms with E-state index >= 15 is 0 Å². The molecule has 9 heteroatoms. The second kappa shape index (κ2) is 9.22. The lowest BCUT2D eigenvalue weighted by Crippen LogP contribution is -2.39. The molecule has 164 valence electrons. The number of aromatic nitrogens is 2. The van der Waals surface area contributed by atoms with Crippen LogP contribution in [-0.2, 0) is 9.53 Å². The molecule has 1 aromatic carbocycles. The molecule has 0 N–H and O–H groups in total. The predicted octanol–water partition coefficient (Wildman–Crippen LogP) is 2.96. The first kappa shape index (κ1) is 22.2. The summed E-state index contributed by atoms with van der Waals surface area (Å²) in [7, 11) is 1.58. The molecule has 3 aromatic rings. The van der Waals surface area contributed by atoms with E-state index in [-0.39, 0.29) is 12.2 Å². The van der Waals surface area contributed by atoms with Crippen molar-refractivity contribution in [3.8, 4) is 5.75 Å². The summed E-state index contributed by atoms with van der Waals surface area (Å²) >= 11 is 4.78. The van der Waals surface area contributed by atoms with E-state index in [9.17, 15) is 9.59 Å². The molecule has 0 saturated carbocycles. The summed E-state index contributed by atoms with van der Waals surface area (Å²) in [5.74, 6) is 0.156. The topological polar surface area (TPSA) is 82.8 Å². The molecule has 0 amide bonds. The Bertz CT molecular complexity index is 1390. The van der Waals surface area contributed by atoms with Gasteiger partial charge in [0.1, 0.15) is 5.75 Å². The maximum atomic E-state index is 13.5. The number of allylic oxidation sites excluding steroid dienone is 1. The Kier molecular flexibility index (Phi) is 6.38. The number of pyridine rings is 1. The lowest BCUT2D eigenvalue weighted by molar-refractivity contribution is -0.139. The van der Waals surface area contributed by atoms with Crippen LogP contribution in [0.3, 0.4) is 0 Å². The van der Waals surface area contributed by atoms with Gasteiger partial charge in [-0.3, -0.25) is 14.3 Å². The average Bonchev–Trinajstić information content (AvgIpc) is 3.08. The summed E-state index contributed by atoms with van der Waals surface area (Å²) in [6.45, 7) is 3.73. The number of carbonyl (C=O) groups excluding carboxylic acids is 1. The van der Waals surface area contributed by atoms with E-state index in [1.54, 1.807) is 50.1 Å². The van der Waals surface area contributed by atoms with Crippen LogP contribution in [0.5, 0.6) is 5.75 Å². The molecule has 0 saturated heterocycles. The number of methoxy groups -OCH3 is 1. The van der Waals surface area contributed by atoms with Gasteiger partial charge in [-0.15, -0.1) is 0 Å². The quantitative estimate of drug-likeness (QED) is 0.489. The molecule has 7 nitrogen and oxygen atoms in total. The number of fused-ring (bicyclic) bond motifs is 1. The number of esters is 1. The van der Waals surface area contributed by atoms with E-state index in [0.717, 1.165) is 11.1 Å². The lowest BCUT2D eigenvalue weighted by Gasteiger charge is -2.25. The molecule has 32 heavy (non-hydrogen) atoms. The number of halogens is 1. The normalized spacial score (nSPS) is 15.9. The van der Waals surface area contributed by atoms with Crippen LogP contribution < -0.4 is 19.6 Å². The van der Waals surface area contributed by atoms with Crippen molar-refractivity contribution in [2.75, 3.05) is 13.7 Å². The van der Waals surface area contributed by atoms with E-state index in [1.807, 2.05) is 24.3 Å². The number of ether oxygens (including phenoxy) is 2. The van der Waals surface area contributed by atoms with Gasteiger partial charge >= 0.3 is 5.97 Å². The van der Waals surface area contributed by atoms with Crippen LogP contribution in [0.15, 0.2) is 68.3 Å². The van der Waals surface area contributed by atoms with Crippen LogP contribution in [0.1, 0.15) is 31.0 Å². The van der Waals surface area contributed by atoms with Gasteiger partial charge in [0.05, 0.1) is 40.0 Å². The zero-order valence-corrected chi connectivity index (χ0v) is 20.1. The van der Waals surface area contributed by atoms with Crippen molar-refractivity contribution in [3.63, 3.8) is 0 Å². The highest BCUT2D eigenvalue weighted by Gasteiger charge is 2.33. The fraction of sp³-hybridized carbons (Fsp3) is 0.217. The first-order valence-electron chi connectivity index (χ1n) is 9.87. The average molecular weight is 514 g/mol. The fourth-order valence-corrected chi connectivity index (χ4v) is 5.18. The highest BCUT2D eigenvalue weighted by Crippen LogP contribution is 2.34. The SMILES string of the molecule is CCOC(=O)C1=C(C)N=c2s/c(=C\c3cccnc3)c(=O)n2[C@@H]1c1ccc(OC)c(Br)c1. The molecule has 0 fully saturated rings. The van der Waals surface area contributed by atoms with Gasteiger partial charge in [0.2, 0.25) is 0 Å². The summed E-state index contributed by atoms with van der Waals surface area (Å²) < 4.78 is 13.4. The highest BCUT2D eigenvalue weighted by molar-refractivity contribution is 9.10. The Hall–Kier alpha value is -3.04. The molecular formula is C23H20BrN3O4S. The largest absolute Gasteiger partial charge is 0.496 e. The molecule has 1 atom stereocenters. The highest BCUT2D eigenvalue weighted by atomic mass is 79.9. The Morgan fingerprint density at radius 3 is 2.81 bits per heavy atom. The summed E-state index contributed by atoms with van der Waals surface area (Å²) in [6.07, 6.45) is 5.14. The second-order valence-corrected chi connectivity index (χ2v) is 8.85. The Labute approximate surface area is 196 Å². The van der Waals surface area contributed by atoms with Gasteiger partial charge in [0.25, 0.3) is 5.56 Å². The van der Waals surface area contributed by atoms with Gasteiger partial charge in [0.15, 0.2) is 4.80 Å². The van der Waals surface area contributed by atoms with Crippen molar-refractivity contribution >= 4 is 39.3 Å². The number of nitrogens with zero attached hydrogens (tertiary/aromatic N) is 3. The van der Waals surface area contributed by atoms with Crippen molar-refractivity contribution in [1.29, 1.82) is 0 Å². The minimum absolute atomic E-state index is 0.222. The van der Waals surface area contributed by atoms with E-state index in [2.05, 4.69) is 25.9 Å². The van der Waals surface area contributed by atoms with Gasteiger partial charge in [-0.25, -0.2) is 9.79 Å². The summed E-state index contributed by atoms with van der Waals surface area (Å²) in [5.41, 5.74) is 2.18. The van der Waals surface area contributed by atoms with Crippen LogP contribution >= 0.6 is 27.3 Å². The van der Waals surface area contributed by atoms with Gasteiger partial charge in [-0.1, -0.05) is 23.5 Å². The molecule has 0 bridgehead atoms. The molecule has 2 aromatic heterocycles. The molecule has 4 rings (SSSR count). The second-order valence-electron chi connectivity index (χ2n) is 6.98.